The van der Waals surface area contributed by atoms with E-state index >= 15 is 0 Å². The maximum atomic E-state index is 10.4. The van der Waals surface area contributed by atoms with Gasteiger partial charge in [0.1, 0.15) is 5.75 Å². The predicted octanol–water partition coefficient (Wildman–Crippen LogP) is 2.47. The Bertz CT molecular complexity index is 445. The molecule has 0 aliphatic heterocycles. The molecule has 0 bridgehead atoms. The minimum absolute atomic E-state index is 0.0180. The smallest absolute Gasteiger partial charge is 0.303 e. The molecule has 6 heteroatoms. The first kappa shape index (κ1) is 14.4. The Morgan fingerprint density at radius 3 is 2.56 bits per heavy atom. The van der Waals surface area contributed by atoms with Crippen LogP contribution in [0.1, 0.15) is 18.4 Å². The van der Waals surface area contributed by atoms with Crippen LogP contribution in [0.4, 0.5) is 0 Å². The van der Waals surface area contributed by atoms with Crippen molar-refractivity contribution in [3.05, 3.63) is 16.7 Å². The summed E-state index contributed by atoms with van der Waals surface area (Å²) < 4.78 is 10.1. The fourth-order valence-electron chi connectivity index (χ4n) is 1.63. The SMILES string of the molecule is COc1cc(O)c(CCCC(=O)O)c(Cl)c1OC. The van der Waals surface area contributed by atoms with E-state index in [0.717, 1.165) is 0 Å². The Balaban J connectivity index is 3.00. The molecule has 0 aliphatic carbocycles. The first-order chi connectivity index (χ1) is 8.51. The summed E-state index contributed by atoms with van der Waals surface area (Å²) in [7, 11) is 2.89. The van der Waals surface area contributed by atoms with Crippen molar-refractivity contribution >= 4 is 17.6 Å². The van der Waals surface area contributed by atoms with Crippen LogP contribution in [0.15, 0.2) is 6.07 Å². The standard InChI is InChI=1S/C12H15ClO5/c1-17-9-6-8(14)7(4-3-5-10(15)16)11(13)12(9)18-2/h6,14H,3-5H2,1-2H3,(H,15,16). The maximum Gasteiger partial charge on any atom is 0.303 e. The molecule has 0 radical (unpaired) electrons. The van der Waals surface area contributed by atoms with E-state index in [1.807, 2.05) is 0 Å². The zero-order valence-corrected chi connectivity index (χ0v) is 11.0. The van der Waals surface area contributed by atoms with E-state index < -0.39 is 5.97 Å². The second kappa shape index (κ2) is 6.35. The molecule has 1 aromatic rings. The fourth-order valence-corrected chi connectivity index (χ4v) is 1.99. The van der Waals surface area contributed by atoms with Gasteiger partial charge in [0.05, 0.1) is 19.2 Å². The lowest BCUT2D eigenvalue weighted by molar-refractivity contribution is -0.137. The van der Waals surface area contributed by atoms with Gasteiger partial charge in [-0.25, -0.2) is 0 Å². The van der Waals surface area contributed by atoms with E-state index in [2.05, 4.69) is 0 Å². The number of carbonyl (C=O) groups is 1. The molecular weight excluding hydrogens is 260 g/mol. The molecule has 0 saturated heterocycles. The highest BCUT2D eigenvalue weighted by atomic mass is 35.5. The van der Waals surface area contributed by atoms with Gasteiger partial charge in [-0.05, 0) is 12.8 Å². The van der Waals surface area contributed by atoms with Crippen LogP contribution in [0, 0.1) is 0 Å². The Morgan fingerprint density at radius 2 is 2.06 bits per heavy atom. The van der Waals surface area contributed by atoms with Gasteiger partial charge in [-0.3, -0.25) is 4.79 Å². The molecule has 18 heavy (non-hydrogen) atoms. The molecule has 1 aromatic carbocycles. The van der Waals surface area contributed by atoms with E-state index in [1.54, 1.807) is 0 Å². The summed E-state index contributed by atoms with van der Waals surface area (Å²) >= 11 is 6.10. The topological polar surface area (TPSA) is 76.0 Å². The van der Waals surface area contributed by atoms with Gasteiger partial charge in [-0.15, -0.1) is 0 Å². The van der Waals surface area contributed by atoms with Gasteiger partial charge in [0.2, 0.25) is 0 Å². The number of rotatable bonds is 6. The molecule has 0 unspecified atom stereocenters. The predicted molar refractivity (Wildman–Crippen MR) is 66.8 cm³/mol. The largest absolute Gasteiger partial charge is 0.507 e. The molecule has 0 spiro atoms. The second-order valence-corrected chi connectivity index (χ2v) is 4.05. The van der Waals surface area contributed by atoms with E-state index in [9.17, 15) is 9.90 Å². The number of phenols is 1. The summed E-state index contributed by atoms with van der Waals surface area (Å²) in [5, 5.41) is 18.6. The first-order valence-electron chi connectivity index (χ1n) is 5.35. The van der Waals surface area contributed by atoms with E-state index in [1.165, 1.54) is 20.3 Å². The van der Waals surface area contributed by atoms with Crippen molar-refractivity contribution in [2.75, 3.05) is 14.2 Å². The Kier molecular flexibility index (Phi) is 5.09. The highest BCUT2D eigenvalue weighted by molar-refractivity contribution is 6.33. The van der Waals surface area contributed by atoms with Crippen LogP contribution in [0.25, 0.3) is 0 Å². The van der Waals surface area contributed by atoms with E-state index in [-0.39, 0.29) is 17.2 Å². The maximum absolute atomic E-state index is 10.4. The summed E-state index contributed by atoms with van der Waals surface area (Å²) in [5.41, 5.74) is 0.468. The average molecular weight is 275 g/mol. The van der Waals surface area contributed by atoms with Crippen molar-refractivity contribution in [1.82, 2.24) is 0 Å². The van der Waals surface area contributed by atoms with Crippen molar-refractivity contribution < 1.29 is 24.5 Å². The number of methoxy groups -OCH3 is 2. The van der Waals surface area contributed by atoms with Crippen LogP contribution in [0.2, 0.25) is 5.02 Å². The molecule has 2 N–H and O–H groups in total. The van der Waals surface area contributed by atoms with Gasteiger partial charge in [0.15, 0.2) is 11.5 Å². The zero-order valence-electron chi connectivity index (χ0n) is 10.2. The van der Waals surface area contributed by atoms with Gasteiger partial charge < -0.3 is 19.7 Å². The summed E-state index contributed by atoms with van der Waals surface area (Å²) in [5.74, 6) is -0.238. The number of halogens is 1. The Morgan fingerprint density at radius 1 is 1.39 bits per heavy atom. The van der Waals surface area contributed by atoms with Crippen molar-refractivity contribution in [3.63, 3.8) is 0 Å². The quantitative estimate of drug-likeness (QED) is 0.833. The lowest BCUT2D eigenvalue weighted by atomic mass is 10.1. The molecule has 5 nitrogen and oxygen atoms in total. The number of aromatic hydroxyl groups is 1. The van der Waals surface area contributed by atoms with Gasteiger partial charge in [-0.1, -0.05) is 11.6 Å². The summed E-state index contributed by atoms with van der Waals surface area (Å²) in [6, 6.07) is 1.40. The number of ether oxygens (including phenoxy) is 2. The van der Waals surface area contributed by atoms with Crippen LogP contribution >= 0.6 is 11.6 Å². The van der Waals surface area contributed by atoms with Gasteiger partial charge in [0.25, 0.3) is 0 Å². The third-order valence-electron chi connectivity index (χ3n) is 2.51. The summed E-state index contributed by atoms with van der Waals surface area (Å²) in [6.45, 7) is 0. The summed E-state index contributed by atoms with van der Waals surface area (Å²) in [4.78, 5) is 10.4. The minimum atomic E-state index is -0.883. The number of phenolic OH excluding ortho intramolecular Hbond substituents is 1. The van der Waals surface area contributed by atoms with Crippen LogP contribution in [0.5, 0.6) is 17.2 Å². The molecule has 0 aliphatic rings. The monoisotopic (exact) mass is 274 g/mol. The average Bonchev–Trinajstić information content (AvgIpc) is 2.32. The van der Waals surface area contributed by atoms with Crippen molar-refractivity contribution in [2.24, 2.45) is 0 Å². The second-order valence-electron chi connectivity index (χ2n) is 3.67. The van der Waals surface area contributed by atoms with E-state index in [4.69, 9.17) is 26.2 Å². The number of hydrogen-bond donors (Lipinski definition) is 2. The number of carboxylic acid groups (broad SMARTS) is 1. The normalized spacial score (nSPS) is 10.2. The minimum Gasteiger partial charge on any atom is -0.507 e. The van der Waals surface area contributed by atoms with Crippen LogP contribution < -0.4 is 9.47 Å². The molecular formula is C12H15ClO5. The lowest BCUT2D eigenvalue weighted by Crippen LogP contribution is -1.99. The van der Waals surface area contributed by atoms with Gasteiger partial charge in [-0.2, -0.15) is 0 Å². The number of hydrogen-bond acceptors (Lipinski definition) is 4. The van der Waals surface area contributed by atoms with Crippen molar-refractivity contribution in [1.29, 1.82) is 0 Å². The molecule has 0 heterocycles. The van der Waals surface area contributed by atoms with Crippen LogP contribution in [-0.4, -0.2) is 30.4 Å². The highest BCUT2D eigenvalue weighted by Gasteiger charge is 2.17. The number of benzene rings is 1. The molecule has 0 fully saturated rings. The molecule has 1 rings (SSSR count). The molecule has 0 aromatic heterocycles. The third-order valence-corrected chi connectivity index (χ3v) is 2.91. The molecule has 0 atom stereocenters. The Labute approximate surface area is 110 Å². The third kappa shape index (κ3) is 3.20. The van der Waals surface area contributed by atoms with Crippen LogP contribution in [-0.2, 0) is 11.2 Å². The molecule has 0 amide bonds. The van der Waals surface area contributed by atoms with Crippen molar-refractivity contribution in [3.8, 4) is 17.2 Å². The number of aliphatic carboxylic acids is 1. The number of carboxylic acids is 1. The summed E-state index contributed by atoms with van der Waals surface area (Å²) in [6.07, 6.45) is 0.763. The zero-order chi connectivity index (χ0) is 13.7. The molecule has 100 valence electrons. The van der Waals surface area contributed by atoms with Crippen molar-refractivity contribution in [2.45, 2.75) is 19.3 Å². The highest BCUT2D eigenvalue weighted by Crippen LogP contribution is 2.42. The van der Waals surface area contributed by atoms with Crippen LogP contribution in [0.3, 0.4) is 0 Å². The molecule has 0 saturated carbocycles. The lowest BCUT2D eigenvalue weighted by Gasteiger charge is -2.14. The van der Waals surface area contributed by atoms with Gasteiger partial charge >= 0.3 is 5.97 Å². The first-order valence-corrected chi connectivity index (χ1v) is 5.73. The fraction of sp³-hybridized carbons (Fsp3) is 0.417. The Hall–Kier alpha value is -1.62. The van der Waals surface area contributed by atoms with Gasteiger partial charge in [0, 0.05) is 18.1 Å². The van der Waals surface area contributed by atoms with E-state index in [0.29, 0.717) is 29.9 Å².